The summed E-state index contributed by atoms with van der Waals surface area (Å²) in [5.74, 6) is 0.251. The van der Waals surface area contributed by atoms with Crippen LogP contribution in [0.3, 0.4) is 0 Å². The molecule has 0 aromatic heterocycles. The predicted molar refractivity (Wildman–Crippen MR) is 104 cm³/mol. The summed E-state index contributed by atoms with van der Waals surface area (Å²) in [7, 11) is 0. The van der Waals surface area contributed by atoms with Crippen molar-refractivity contribution >= 4 is 29.0 Å². The average Bonchev–Trinajstić information content (AvgIpc) is 2.65. The zero-order chi connectivity index (χ0) is 17.2. The predicted octanol–water partition coefficient (Wildman–Crippen LogP) is 4.86. The molecule has 2 heterocycles. The molecule has 1 fully saturated rings. The van der Waals surface area contributed by atoms with Crippen molar-refractivity contribution in [3.05, 3.63) is 60.7 Å². The van der Waals surface area contributed by atoms with E-state index in [1.807, 2.05) is 4.90 Å². The molecule has 2 aliphatic heterocycles. The van der Waals surface area contributed by atoms with E-state index < -0.39 is 0 Å². The quantitative estimate of drug-likeness (QED) is 0.739. The Hall–Kier alpha value is -2.20. The number of para-hydroxylation sites is 2. The van der Waals surface area contributed by atoms with Gasteiger partial charge in [-0.25, -0.2) is 0 Å². The summed E-state index contributed by atoms with van der Waals surface area (Å²) in [6.07, 6.45) is 2.43. The van der Waals surface area contributed by atoms with Gasteiger partial charge in [-0.15, -0.1) is 0 Å². The fourth-order valence-corrected chi connectivity index (χ4v) is 4.56. The third-order valence-corrected chi connectivity index (χ3v) is 6.03. The first kappa shape index (κ1) is 16.3. The molecule has 0 saturated carbocycles. The number of carbonyl (C=O) groups is 1. The number of anilines is 2. The van der Waals surface area contributed by atoms with Crippen molar-refractivity contribution in [1.29, 1.82) is 0 Å². The molecule has 0 bridgehead atoms. The van der Waals surface area contributed by atoms with E-state index in [0.29, 0.717) is 13.0 Å². The van der Waals surface area contributed by atoms with Crippen molar-refractivity contribution in [2.45, 2.75) is 29.1 Å². The average molecular weight is 350 g/mol. The van der Waals surface area contributed by atoms with Crippen LogP contribution in [0.1, 0.15) is 19.3 Å². The van der Waals surface area contributed by atoms with Crippen LogP contribution in [0.2, 0.25) is 0 Å². The number of rotatable bonds is 3. The minimum atomic E-state index is 0.251. The van der Waals surface area contributed by atoms with E-state index in [1.54, 1.807) is 11.8 Å². The lowest BCUT2D eigenvalue weighted by Crippen LogP contribution is -2.38. The molecular weight excluding hydrogens is 328 g/mol. The number of carbonyl (C=O) groups excluding carboxylic acids is 1. The summed E-state index contributed by atoms with van der Waals surface area (Å²) in [6.45, 7) is 6.38. The largest absolute Gasteiger partial charge is 0.342 e. The molecule has 0 unspecified atom stereocenters. The van der Waals surface area contributed by atoms with E-state index in [4.69, 9.17) is 0 Å². The molecule has 0 atom stereocenters. The van der Waals surface area contributed by atoms with Crippen LogP contribution in [0.4, 0.5) is 11.4 Å². The molecule has 0 aliphatic carbocycles. The first-order chi connectivity index (χ1) is 12.2. The van der Waals surface area contributed by atoms with Crippen molar-refractivity contribution in [3.63, 3.8) is 0 Å². The summed E-state index contributed by atoms with van der Waals surface area (Å²) in [4.78, 5) is 19.4. The van der Waals surface area contributed by atoms with Gasteiger partial charge in [0.15, 0.2) is 0 Å². The third kappa shape index (κ3) is 3.31. The molecule has 128 valence electrons. The Morgan fingerprint density at radius 3 is 2.12 bits per heavy atom. The van der Waals surface area contributed by atoms with Gasteiger partial charge in [0.05, 0.1) is 11.4 Å². The van der Waals surface area contributed by atoms with Crippen LogP contribution in [0.5, 0.6) is 0 Å². The van der Waals surface area contributed by atoms with E-state index in [1.165, 1.54) is 26.7 Å². The molecule has 25 heavy (non-hydrogen) atoms. The first-order valence-electron chi connectivity index (χ1n) is 8.80. The van der Waals surface area contributed by atoms with Crippen LogP contribution in [0.15, 0.2) is 70.5 Å². The number of amides is 1. The van der Waals surface area contributed by atoms with Gasteiger partial charge in [-0.05, 0) is 37.1 Å². The maximum atomic E-state index is 12.6. The SMILES string of the molecule is C=C1CCN(C(=O)CCN2c3ccccc3Sc3ccccc32)CC1. The molecule has 1 amide bonds. The molecule has 0 spiro atoms. The van der Waals surface area contributed by atoms with E-state index in [-0.39, 0.29) is 5.91 Å². The summed E-state index contributed by atoms with van der Waals surface area (Å²) < 4.78 is 0. The van der Waals surface area contributed by atoms with Crippen LogP contribution in [0.25, 0.3) is 0 Å². The number of benzene rings is 2. The van der Waals surface area contributed by atoms with Crippen LogP contribution in [-0.4, -0.2) is 30.4 Å². The van der Waals surface area contributed by atoms with Crippen molar-refractivity contribution in [1.82, 2.24) is 4.90 Å². The molecular formula is C21H22N2OS. The lowest BCUT2D eigenvalue weighted by atomic mass is 10.1. The Bertz CT molecular complexity index is 762. The second kappa shape index (κ2) is 6.96. The molecule has 2 aromatic carbocycles. The number of hydrogen-bond acceptors (Lipinski definition) is 3. The number of likely N-dealkylation sites (tertiary alicyclic amines) is 1. The maximum Gasteiger partial charge on any atom is 0.224 e. The smallest absolute Gasteiger partial charge is 0.224 e. The second-order valence-electron chi connectivity index (χ2n) is 6.57. The van der Waals surface area contributed by atoms with Crippen molar-refractivity contribution in [2.24, 2.45) is 0 Å². The first-order valence-corrected chi connectivity index (χ1v) is 9.62. The minimum Gasteiger partial charge on any atom is -0.342 e. The zero-order valence-electron chi connectivity index (χ0n) is 14.3. The van der Waals surface area contributed by atoms with Gasteiger partial charge in [0, 0.05) is 35.8 Å². The molecule has 4 heteroatoms. The fourth-order valence-electron chi connectivity index (χ4n) is 3.46. The topological polar surface area (TPSA) is 23.6 Å². The van der Waals surface area contributed by atoms with Gasteiger partial charge in [-0.2, -0.15) is 0 Å². The van der Waals surface area contributed by atoms with Gasteiger partial charge in [-0.3, -0.25) is 4.79 Å². The summed E-state index contributed by atoms with van der Waals surface area (Å²) in [5, 5.41) is 0. The van der Waals surface area contributed by atoms with Gasteiger partial charge in [0.1, 0.15) is 0 Å². The Morgan fingerprint density at radius 1 is 0.960 bits per heavy atom. The van der Waals surface area contributed by atoms with Gasteiger partial charge < -0.3 is 9.80 Å². The van der Waals surface area contributed by atoms with E-state index in [0.717, 1.165) is 25.9 Å². The van der Waals surface area contributed by atoms with Crippen LogP contribution >= 0.6 is 11.8 Å². The number of nitrogens with zero attached hydrogens (tertiary/aromatic N) is 2. The molecule has 2 aromatic rings. The summed E-state index contributed by atoms with van der Waals surface area (Å²) in [6, 6.07) is 16.9. The van der Waals surface area contributed by atoms with Crippen molar-refractivity contribution < 1.29 is 4.79 Å². The van der Waals surface area contributed by atoms with Gasteiger partial charge >= 0.3 is 0 Å². The monoisotopic (exact) mass is 350 g/mol. The van der Waals surface area contributed by atoms with E-state index >= 15 is 0 Å². The highest BCUT2D eigenvalue weighted by molar-refractivity contribution is 7.99. The summed E-state index contributed by atoms with van der Waals surface area (Å²) in [5.41, 5.74) is 3.66. The van der Waals surface area contributed by atoms with Crippen LogP contribution in [0, 0.1) is 0 Å². The van der Waals surface area contributed by atoms with Gasteiger partial charge in [-0.1, -0.05) is 48.2 Å². The zero-order valence-corrected chi connectivity index (χ0v) is 15.1. The van der Waals surface area contributed by atoms with Crippen LogP contribution < -0.4 is 4.90 Å². The molecule has 4 rings (SSSR count). The van der Waals surface area contributed by atoms with Crippen molar-refractivity contribution in [3.8, 4) is 0 Å². The summed E-state index contributed by atoms with van der Waals surface area (Å²) >= 11 is 1.80. The molecule has 3 nitrogen and oxygen atoms in total. The second-order valence-corrected chi connectivity index (χ2v) is 7.65. The minimum absolute atomic E-state index is 0.251. The van der Waals surface area contributed by atoms with Gasteiger partial charge in [0.25, 0.3) is 0 Å². The third-order valence-electron chi connectivity index (χ3n) is 4.90. The Kier molecular flexibility index (Phi) is 4.53. The fraction of sp³-hybridized carbons (Fsp3) is 0.286. The lowest BCUT2D eigenvalue weighted by Gasteiger charge is -2.34. The Labute approximate surface area is 153 Å². The number of hydrogen-bond donors (Lipinski definition) is 0. The molecule has 0 N–H and O–H groups in total. The highest BCUT2D eigenvalue weighted by Gasteiger charge is 2.24. The van der Waals surface area contributed by atoms with E-state index in [2.05, 4.69) is 60.0 Å². The molecule has 0 radical (unpaired) electrons. The van der Waals surface area contributed by atoms with Crippen LogP contribution in [-0.2, 0) is 4.79 Å². The number of fused-ring (bicyclic) bond motifs is 2. The standard InChI is InChI=1S/C21H22N2OS/c1-16-10-13-22(14-11-16)21(24)12-15-23-17-6-2-4-8-19(17)25-20-9-5-3-7-18(20)23/h2-9H,1,10-15H2. The maximum absolute atomic E-state index is 12.6. The van der Waals surface area contributed by atoms with Gasteiger partial charge in [0.2, 0.25) is 5.91 Å². The molecule has 1 saturated heterocycles. The Morgan fingerprint density at radius 2 is 1.52 bits per heavy atom. The van der Waals surface area contributed by atoms with Crippen molar-refractivity contribution in [2.75, 3.05) is 24.5 Å². The normalized spacial score (nSPS) is 16.4. The van der Waals surface area contributed by atoms with E-state index in [9.17, 15) is 4.79 Å². The highest BCUT2D eigenvalue weighted by atomic mass is 32.2. The number of piperidine rings is 1. The Balaban J connectivity index is 1.52. The lowest BCUT2D eigenvalue weighted by molar-refractivity contribution is -0.131. The molecule has 2 aliphatic rings. The highest BCUT2D eigenvalue weighted by Crippen LogP contribution is 2.47.